The summed E-state index contributed by atoms with van der Waals surface area (Å²) in [7, 11) is 1.93. The molecule has 1 atom stereocenters. The maximum Gasteiger partial charge on any atom is 0.320 e. The fraction of sp³-hybridized carbons (Fsp3) is 0.500. The van der Waals surface area contributed by atoms with Crippen LogP contribution in [0.25, 0.3) is 11.2 Å². The van der Waals surface area contributed by atoms with Gasteiger partial charge in [0.15, 0.2) is 22.8 Å². The molecule has 176 valence electrons. The molecule has 3 N–H and O–H groups in total. The molecule has 1 saturated heterocycles. The average Bonchev–Trinajstić information content (AvgIpc) is 3.43. The summed E-state index contributed by atoms with van der Waals surface area (Å²) in [5.41, 5.74) is 0.703. The van der Waals surface area contributed by atoms with E-state index >= 15 is 0 Å². The standard InChI is InChI=1S/C22H25F3N6O2/c1-30(13-2-4-15(32)5-3-13)21-26-10-18-20(29-21)31(14-6-7-33-11-14)22(27-18)28-19-16(24)8-12(23)9-17(19)25/h8-10,13-15,32H,2-7,11H2,1H3,(H,27,28)/p+1. The van der Waals surface area contributed by atoms with Gasteiger partial charge in [0.25, 0.3) is 11.6 Å². The number of hydrogen-bond donors (Lipinski definition) is 3. The average molecular weight is 463 g/mol. The number of fused-ring (bicyclic) bond motifs is 1. The van der Waals surface area contributed by atoms with Crippen LogP contribution < -0.4 is 14.8 Å². The monoisotopic (exact) mass is 463 g/mol. The maximum atomic E-state index is 14.3. The Bertz CT molecular complexity index is 1140. The third-order valence-corrected chi connectivity index (χ3v) is 6.53. The molecular weight excluding hydrogens is 437 g/mol. The van der Waals surface area contributed by atoms with E-state index < -0.39 is 23.1 Å². The van der Waals surface area contributed by atoms with Gasteiger partial charge in [0, 0.05) is 38.2 Å². The molecule has 3 heterocycles. The molecule has 1 saturated carbocycles. The lowest BCUT2D eigenvalue weighted by Gasteiger charge is -2.32. The molecule has 1 unspecified atom stereocenters. The van der Waals surface area contributed by atoms with Crippen molar-refractivity contribution in [2.75, 3.05) is 30.5 Å². The highest BCUT2D eigenvalue weighted by Crippen LogP contribution is 2.28. The zero-order valence-electron chi connectivity index (χ0n) is 18.2. The molecule has 1 aromatic carbocycles. The second kappa shape index (κ2) is 8.79. The van der Waals surface area contributed by atoms with Crippen molar-refractivity contribution in [1.82, 2.24) is 15.0 Å². The molecule has 0 spiro atoms. The Balaban J connectivity index is 1.54. The number of imidazole rings is 1. The molecule has 8 nitrogen and oxygen atoms in total. The Kier molecular flexibility index (Phi) is 5.83. The van der Waals surface area contributed by atoms with Crippen LogP contribution in [-0.4, -0.2) is 52.5 Å². The van der Waals surface area contributed by atoms with Crippen LogP contribution in [0.4, 0.5) is 30.8 Å². The van der Waals surface area contributed by atoms with Gasteiger partial charge in [-0.15, -0.1) is 0 Å². The summed E-state index contributed by atoms with van der Waals surface area (Å²) < 4.78 is 49.4. The van der Waals surface area contributed by atoms with Gasteiger partial charge in [-0.05, 0) is 25.7 Å². The normalized spacial score (nSPS) is 23.2. The number of aromatic amines is 1. The minimum atomic E-state index is -1.04. The molecule has 0 amide bonds. The van der Waals surface area contributed by atoms with Gasteiger partial charge < -0.3 is 14.7 Å². The van der Waals surface area contributed by atoms with Crippen LogP contribution in [0.3, 0.4) is 0 Å². The number of nitrogens with one attached hydrogen (secondary N) is 2. The Morgan fingerprint density at radius 1 is 1.15 bits per heavy atom. The van der Waals surface area contributed by atoms with Crippen LogP contribution in [-0.2, 0) is 4.74 Å². The van der Waals surface area contributed by atoms with E-state index in [0.29, 0.717) is 54.8 Å². The van der Waals surface area contributed by atoms with Crippen molar-refractivity contribution < 1.29 is 27.6 Å². The summed E-state index contributed by atoms with van der Waals surface area (Å²) >= 11 is 0. The fourth-order valence-corrected chi connectivity index (χ4v) is 4.66. The molecule has 2 fully saturated rings. The van der Waals surface area contributed by atoms with E-state index in [-0.39, 0.29) is 18.2 Å². The quantitative estimate of drug-likeness (QED) is 0.504. The first kappa shape index (κ1) is 21.9. The predicted molar refractivity (Wildman–Crippen MR) is 115 cm³/mol. The molecule has 1 aliphatic carbocycles. The van der Waals surface area contributed by atoms with Crippen molar-refractivity contribution in [3.8, 4) is 0 Å². The van der Waals surface area contributed by atoms with Gasteiger partial charge in [-0.3, -0.25) is 10.3 Å². The van der Waals surface area contributed by atoms with Gasteiger partial charge in [0.2, 0.25) is 0 Å². The summed E-state index contributed by atoms with van der Waals surface area (Å²) in [6.07, 6.45) is 5.26. The molecular formula is C22H26F3N6O2+. The van der Waals surface area contributed by atoms with E-state index in [2.05, 4.69) is 15.3 Å². The number of aliphatic hydroxyl groups is 1. The number of hydrogen-bond acceptors (Lipinski definition) is 6. The zero-order valence-corrected chi connectivity index (χ0v) is 18.2. The maximum absolute atomic E-state index is 14.3. The van der Waals surface area contributed by atoms with E-state index in [9.17, 15) is 18.3 Å². The Morgan fingerprint density at radius 3 is 2.55 bits per heavy atom. The van der Waals surface area contributed by atoms with Crippen LogP contribution in [0.15, 0.2) is 18.3 Å². The molecule has 2 aliphatic rings. The highest BCUT2D eigenvalue weighted by atomic mass is 19.1. The Hall–Kier alpha value is -2.92. The SMILES string of the molecule is CN(c1ncc2[nH]c(Nc3c(F)cc(F)cc3F)[n+](C3CCOC3)c2n1)C1CCC(O)CC1. The molecule has 3 aromatic rings. The van der Waals surface area contributed by atoms with Gasteiger partial charge in [-0.2, -0.15) is 0 Å². The summed E-state index contributed by atoms with van der Waals surface area (Å²) in [5.74, 6) is -2.23. The molecule has 11 heteroatoms. The summed E-state index contributed by atoms with van der Waals surface area (Å²) in [6.45, 7) is 0.988. The minimum absolute atomic E-state index is 0.106. The first-order valence-corrected chi connectivity index (χ1v) is 11.1. The number of ether oxygens (including phenoxy) is 1. The number of H-pyrrole nitrogens is 1. The molecule has 0 radical (unpaired) electrons. The lowest BCUT2D eigenvalue weighted by molar-refractivity contribution is -0.683. The number of rotatable bonds is 5. The van der Waals surface area contributed by atoms with Gasteiger partial charge in [-0.25, -0.2) is 22.7 Å². The minimum Gasteiger partial charge on any atom is -0.393 e. The zero-order chi connectivity index (χ0) is 23.1. The topological polar surface area (TPSA) is 90.2 Å². The van der Waals surface area contributed by atoms with Gasteiger partial charge in [0.1, 0.15) is 5.82 Å². The molecule has 1 aliphatic heterocycles. The largest absolute Gasteiger partial charge is 0.393 e. The molecule has 5 rings (SSSR count). The third kappa shape index (κ3) is 4.22. The number of aliphatic hydroxyl groups excluding tert-OH is 1. The number of anilines is 3. The van der Waals surface area contributed by atoms with Gasteiger partial charge >= 0.3 is 5.95 Å². The van der Waals surface area contributed by atoms with Gasteiger partial charge in [-0.1, -0.05) is 4.98 Å². The Labute approximate surface area is 188 Å². The number of aromatic nitrogens is 4. The lowest BCUT2D eigenvalue weighted by Crippen LogP contribution is -2.42. The van der Waals surface area contributed by atoms with E-state index in [1.807, 2.05) is 16.5 Å². The van der Waals surface area contributed by atoms with Crippen LogP contribution in [0.5, 0.6) is 0 Å². The molecule has 0 bridgehead atoms. The lowest BCUT2D eigenvalue weighted by atomic mass is 9.92. The van der Waals surface area contributed by atoms with Crippen molar-refractivity contribution in [2.45, 2.75) is 50.3 Å². The summed E-state index contributed by atoms with van der Waals surface area (Å²) in [5, 5.41) is 12.6. The second-order valence-electron chi connectivity index (χ2n) is 8.71. The summed E-state index contributed by atoms with van der Waals surface area (Å²) in [4.78, 5) is 14.4. The van der Waals surface area contributed by atoms with Crippen LogP contribution in [0.2, 0.25) is 0 Å². The van der Waals surface area contributed by atoms with Crippen molar-refractivity contribution in [3.63, 3.8) is 0 Å². The van der Waals surface area contributed by atoms with E-state index in [1.165, 1.54) is 0 Å². The van der Waals surface area contributed by atoms with Gasteiger partial charge in [0.05, 0.1) is 24.9 Å². The Morgan fingerprint density at radius 2 is 1.88 bits per heavy atom. The predicted octanol–water partition coefficient (Wildman–Crippen LogP) is 3.11. The number of benzene rings is 1. The number of halogens is 3. The van der Waals surface area contributed by atoms with Crippen LogP contribution >= 0.6 is 0 Å². The first-order valence-electron chi connectivity index (χ1n) is 11.1. The van der Waals surface area contributed by atoms with E-state index in [1.54, 1.807) is 6.20 Å². The highest BCUT2D eigenvalue weighted by molar-refractivity contribution is 5.70. The van der Waals surface area contributed by atoms with Crippen molar-refractivity contribution in [3.05, 3.63) is 35.8 Å². The molecule has 33 heavy (non-hydrogen) atoms. The highest BCUT2D eigenvalue weighted by Gasteiger charge is 2.32. The first-order chi connectivity index (χ1) is 15.9. The second-order valence-corrected chi connectivity index (χ2v) is 8.71. The van der Waals surface area contributed by atoms with Crippen LogP contribution in [0, 0.1) is 17.5 Å². The van der Waals surface area contributed by atoms with Crippen LogP contribution in [0.1, 0.15) is 38.1 Å². The van der Waals surface area contributed by atoms with Crippen molar-refractivity contribution in [2.24, 2.45) is 0 Å². The van der Waals surface area contributed by atoms with E-state index in [4.69, 9.17) is 9.72 Å². The van der Waals surface area contributed by atoms with Crippen molar-refractivity contribution in [1.29, 1.82) is 0 Å². The third-order valence-electron chi connectivity index (χ3n) is 6.53. The fourth-order valence-electron chi connectivity index (χ4n) is 4.66. The summed E-state index contributed by atoms with van der Waals surface area (Å²) in [6, 6.07) is 1.37. The number of nitrogens with zero attached hydrogens (tertiary/aromatic N) is 4. The smallest absolute Gasteiger partial charge is 0.320 e. The molecule has 2 aromatic heterocycles. The van der Waals surface area contributed by atoms with Crippen molar-refractivity contribution >= 4 is 28.7 Å². The van der Waals surface area contributed by atoms with E-state index in [0.717, 1.165) is 25.7 Å².